The summed E-state index contributed by atoms with van der Waals surface area (Å²) in [4.78, 5) is 72.9. The summed E-state index contributed by atoms with van der Waals surface area (Å²) >= 11 is 0. The zero-order chi connectivity index (χ0) is 76.0. The van der Waals surface area contributed by atoms with Crippen molar-refractivity contribution in [3.05, 3.63) is 170 Å². The molecule has 5 unspecified atom stereocenters. The van der Waals surface area contributed by atoms with Crippen LogP contribution < -0.4 is 0 Å². The maximum atomic E-state index is 13.1. The van der Waals surface area contributed by atoms with E-state index in [0.717, 1.165) is 167 Å². The number of phosphoric acid groups is 2. The van der Waals surface area contributed by atoms with Crippen molar-refractivity contribution < 1.29 is 80.2 Å². The number of aliphatic hydroxyl groups excluding tert-OH is 1. The van der Waals surface area contributed by atoms with Crippen molar-refractivity contribution in [1.82, 2.24) is 0 Å². The maximum Gasteiger partial charge on any atom is 0.472 e. The molecule has 0 aliphatic heterocycles. The number of hydrogen-bond acceptors (Lipinski definition) is 15. The zero-order valence-electron chi connectivity index (χ0n) is 64.4. The minimum Gasteiger partial charge on any atom is -0.462 e. The van der Waals surface area contributed by atoms with Gasteiger partial charge in [-0.25, -0.2) is 9.13 Å². The lowest BCUT2D eigenvalue weighted by molar-refractivity contribution is -0.161. The van der Waals surface area contributed by atoms with E-state index < -0.39 is 97.5 Å². The summed E-state index contributed by atoms with van der Waals surface area (Å²) in [5.74, 6) is -2.40. The van der Waals surface area contributed by atoms with Crippen molar-refractivity contribution >= 4 is 39.5 Å². The van der Waals surface area contributed by atoms with Gasteiger partial charge >= 0.3 is 39.5 Å². The third kappa shape index (κ3) is 74.7. The van der Waals surface area contributed by atoms with Crippen molar-refractivity contribution in [2.24, 2.45) is 0 Å². The summed E-state index contributed by atoms with van der Waals surface area (Å²) < 4.78 is 68.4. The van der Waals surface area contributed by atoms with Crippen LogP contribution in [0.2, 0.25) is 0 Å². The van der Waals surface area contributed by atoms with Crippen molar-refractivity contribution in [3.63, 3.8) is 0 Å². The molecule has 0 radical (unpaired) electrons. The molecule has 17 nitrogen and oxygen atoms in total. The predicted molar refractivity (Wildman–Crippen MR) is 426 cm³/mol. The molecule has 0 aliphatic rings. The van der Waals surface area contributed by atoms with E-state index in [-0.39, 0.29) is 25.7 Å². The Bertz CT molecular complexity index is 2640. The number of unbranched alkanes of at least 4 members (excludes halogenated alkanes) is 19. The monoisotopic (exact) mass is 1490 g/mol. The van der Waals surface area contributed by atoms with Crippen molar-refractivity contribution in [1.29, 1.82) is 0 Å². The third-order valence-electron chi connectivity index (χ3n) is 15.7. The fourth-order valence-corrected chi connectivity index (χ4v) is 11.4. The molecule has 3 N–H and O–H groups in total. The molecule has 0 aliphatic carbocycles. The minimum atomic E-state index is -5.01. The minimum absolute atomic E-state index is 0.0527. The molecule has 0 heterocycles. The van der Waals surface area contributed by atoms with Crippen LogP contribution in [0.25, 0.3) is 0 Å². The molecule has 0 spiro atoms. The van der Waals surface area contributed by atoms with Crippen LogP contribution in [-0.4, -0.2) is 96.7 Å². The third-order valence-corrected chi connectivity index (χ3v) is 17.6. The number of allylic oxidation sites excluding steroid dienone is 27. The summed E-state index contributed by atoms with van der Waals surface area (Å²) in [6, 6.07) is 0. The van der Waals surface area contributed by atoms with E-state index in [1.54, 1.807) is 6.08 Å². The van der Waals surface area contributed by atoms with E-state index in [1.807, 2.05) is 18.2 Å². The summed E-state index contributed by atoms with van der Waals surface area (Å²) in [7, 11) is -10.0. The summed E-state index contributed by atoms with van der Waals surface area (Å²) in [6.07, 6.45) is 89.4. The Labute approximate surface area is 629 Å². The Kier molecular flexibility index (Phi) is 71.6. The smallest absolute Gasteiger partial charge is 0.462 e. The topological polar surface area (TPSA) is 237 Å². The van der Waals surface area contributed by atoms with E-state index >= 15 is 0 Å². The molecule has 104 heavy (non-hydrogen) atoms. The molecule has 19 heteroatoms. The second-order valence-corrected chi connectivity index (χ2v) is 28.4. The lowest BCUT2D eigenvalue weighted by atomic mass is 10.1. The number of ether oxygens (including phenoxy) is 4. The van der Waals surface area contributed by atoms with Crippen LogP contribution in [0.1, 0.15) is 285 Å². The average molecular weight is 1490 g/mol. The highest BCUT2D eigenvalue weighted by Crippen LogP contribution is 2.45. The molecule has 0 amide bonds. The molecule has 0 fully saturated rings. The second-order valence-electron chi connectivity index (χ2n) is 25.5. The number of phosphoric ester groups is 2. The molecule has 590 valence electrons. The van der Waals surface area contributed by atoms with Crippen LogP contribution in [0.3, 0.4) is 0 Å². The Hall–Kier alpha value is -5.58. The molecule has 0 aromatic heterocycles. The molecule has 5 atom stereocenters. The molecule has 0 aromatic carbocycles. The standard InChI is InChI=1S/C85H138O17P2/c1-5-9-13-17-21-25-29-33-37-39-43-46-50-54-58-62-66-70-83(88)96-76-81(102-85(90)72-68-64-60-56-52-48-44-40-38-34-30-26-22-18-14-10-6-2)78-100-104(93,94)98-74-79(86)73-97-103(91,92)99-77-80(101-84(89)71-67-63-59-55-51-47-42-36-32-28-24-20-16-12-8-4)75-95-82(87)69-65-61-57-53-49-45-41-35-31-27-23-19-15-11-7-3/h9-11,13-15,21-23,25-27,33-38,41-44,46,48-49,53,61,65,79-81,86H,5-8,12,16-20,24,28-32,39-40,45,47,50-52,54-60,62-64,66-78H2,1-4H3,(H,91,92)(H,93,94)/b13-9-,14-10-,15-11-,25-21-,26-22-,27-23-,37-33-,38-34-,41-35-,42-36-,46-43-,48-44-,53-49-,65-61-. The first-order valence-corrected chi connectivity index (χ1v) is 42.4. The molecule has 0 aromatic rings. The van der Waals surface area contributed by atoms with E-state index in [2.05, 4.69) is 174 Å². The largest absolute Gasteiger partial charge is 0.472 e. The lowest BCUT2D eigenvalue weighted by Gasteiger charge is -2.21. The first-order valence-electron chi connectivity index (χ1n) is 39.4. The van der Waals surface area contributed by atoms with Crippen LogP contribution in [0.15, 0.2) is 170 Å². The molecule has 0 saturated carbocycles. The van der Waals surface area contributed by atoms with Crippen molar-refractivity contribution in [2.45, 2.75) is 303 Å². The first kappa shape index (κ1) is 98.4. The highest BCUT2D eigenvalue weighted by Gasteiger charge is 2.30. The highest BCUT2D eigenvalue weighted by molar-refractivity contribution is 7.47. The Morgan fingerprint density at radius 1 is 0.288 bits per heavy atom. The van der Waals surface area contributed by atoms with Gasteiger partial charge in [-0.1, -0.05) is 275 Å². The number of rotatable bonds is 72. The van der Waals surface area contributed by atoms with Crippen LogP contribution in [0.5, 0.6) is 0 Å². The number of esters is 4. The van der Waals surface area contributed by atoms with Gasteiger partial charge in [0.2, 0.25) is 0 Å². The fraction of sp³-hybridized carbons (Fsp3) is 0.624. The van der Waals surface area contributed by atoms with Gasteiger partial charge in [-0.15, -0.1) is 0 Å². The SMILES string of the molecule is CC/C=C\C/C=C\C/C=C\C/C=C\C/C=C\CC(=O)OCC(COP(=O)(O)OCC(O)COP(=O)(O)OCC(COC(=O)CCCCCC/C=C\C/C=C\C/C=C\C/C=C\CC)OC(=O)CCCCCC/C=C\C/C=C\C/C=C\C/C=C\CC)OC(=O)CCCCCCC/C=C\CCCCCCCC. The maximum absolute atomic E-state index is 13.1. The normalized spacial score (nSPS) is 14.8. The van der Waals surface area contributed by atoms with Gasteiger partial charge in [0.05, 0.1) is 32.8 Å². The van der Waals surface area contributed by atoms with Gasteiger partial charge in [0.25, 0.3) is 0 Å². The molecule has 0 saturated heterocycles. The number of carbonyl (C=O) groups excluding carboxylic acids is 4. The summed E-state index contributed by atoms with van der Waals surface area (Å²) in [5, 5.41) is 10.6. The first-order chi connectivity index (χ1) is 50.7. The molecule has 0 bridgehead atoms. The van der Waals surface area contributed by atoms with Crippen molar-refractivity contribution in [3.8, 4) is 0 Å². The number of carbonyl (C=O) groups is 4. The van der Waals surface area contributed by atoms with E-state index in [0.29, 0.717) is 25.7 Å². The average Bonchev–Trinajstić information content (AvgIpc) is 0.926. The van der Waals surface area contributed by atoms with Crippen LogP contribution in [0.4, 0.5) is 0 Å². The molecular formula is C85H138O17P2. The van der Waals surface area contributed by atoms with Gasteiger partial charge in [0.15, 0.2) is 12.2 Å². The second kappa shape index (κ2) is 75.6. The van der Waals surface area contributed by atoms with Crippen LogP contribution in [-0.2, 0) is 65.4 Å². The van der Waals surface area contributed by atoms with Crippen LogP contribution in [0, 0.1) is 0 Å². The highest BCUT2D eigenvalue weighted by atomic mass is 31.2. The Morgan fingerprint density at radius 3 is 0.865 bits per heavy atom. The van der Waals surface area contributed by atoms with Gasteiger partial charge in [0, 0.05) is 19.3 Å². The number of aliphatic hydroxyl groups is 1. The van der Waals surface area contributed by atoms with Gasteiger partial charge in [0.1, 0.15) is 19.3 Å². The van der Waals surface area contributed by atoms with Gasteiger partial charge in [-0.05, 0) is 154 Å². The molecular weight excluding hydrogens is 1350 g/mol. The van der Waals surface area contributed by atoms with E-state index in [1.165, 1.54) is 38.5 Å². The quantitative estimate of drug-likeness (QED) is 0.0169. The number of hydrogen-bond donors (Lipinski definition) is 3. The Balaban J connectivity index is 5.50. The van der Waals surface area contributed by atoms with Gasteiger partial charge in [-0.2, -0.15) is 0 Å². The molecule has 0 rings (SSSR count). The summed E-state index contributed by atoms with van der Waals surface area (Å²) in [5.41, 5.74) is 0. The van der Waals surface area contributed by atoms with Gasteiger partial charge in [-0.3, -0.25) is 37.3 Å². The van der Waals surface area contributed by atoms with Gasteiger partial charge < -0.3 is 33.8 Å². The van der Waals surface area contributed by atoms with E-state index in [9.17, 15) is 43.2 Å². The van der Waals surface area contributed by atoms with Crippen molar-refractivity contribution in [2.75, 3.05) is 39.6 Å². The lowest BCUT2D eigenvalue weighted by Crippen LogP contribution is -2.30. The summed E-state index contributed by atoms with van der Waals surface area (Å²) in [6.45, 7) is 4.33. The zero-order valence-corrected chi connectivity index (χ0v) is 66.2. The Morgan fingerprint density at radius 2 is 0.538 bits per heavy atom. The fourth-order valence-electron chi connectivity index (χ4n) is 9.80. The predicted octanol–water partition coefficient (Wildman–Crippen LogP) is 23.0. The van der Waals surface area contributed by atoms with E-state index in [4.69, 9.17) is 37.0 Å². The van der Waals surface area contributed by atoms with Crippen LogP contribution >= 0.6 is 15.6 Å².